The maximum absolute atomic E-state index is 12.4. The molecule has 1 atom stereocenters. The van der Waals surface area contributed by atoms with Gasteiger partial charge in [-0.05, 0) is 40.1 Å². The summed E-state index contributed by atoms with van der Waals surface area (Å²) in [5, 5.41) is 8.18. The van der Waals surface area contributed by atoms with Gasteiger partial charge in [0.05, 0.1) is 15.5 Å². The topological polar surface area (TPSA) is 107 Å². The lowest BCUT2D eigenvalue weighted by Crippen LogP contribution is -2.14. The van der Waals surface area contributed by atoms with Gasteiger partial charge >= 0.3 is 0 Å². The van der Waals surface area contributed by atoms with Crippen molar-refractivity contribution >= 4 is 37.6 Å². The molecule has 0 spiro atoms. The summed E-state index contributed by atoms with van der Waals surface area (Å²) in [5.41, 5.74) is 0.0286. The summed E-state index contributed by atoms with van der Waals surface area (Å²) in [4.78, 5) is -0.00149. The second kappa shape index (κ2) is 8.21. The highest BCUT2D eigenvalue weighted by Gasteiger charge is 2.17. The van der Waals surface area contributed by atoms with Crippen LogP contribution in [0.3, 0.4) is 0 Å². The molecule has 132 valence electrons. The van der Waals surface area contributed by atoms with Crippen molar-refractivity contribution < 1.29 is 22.3 Å². The van der Waals surface area contributed by atoms with E-state index in [-0.39, 0.29) is 15.5 Å². The highest BCUT2D eigenvalue weighted by Crippen LogP contribution is 2.30. The lowest BCUT2D eigenvalue weighted by Gasteiger charge is -2.16. The van der Waals surface area contributed by atoms with E-state index in [4.69, 9.17) is 5.11 Å². The van der Waals surface area contributed by atoms with Crippen LogP contribution in [0.1, 0.15) is 0 Å². The Morgan fingerprint density at radius 3 is 2.16 bits per heavy atom. The molecule has 0 radical (unpaired) electrons. The smallest absolute Gasteiger partial charge is 0.261 e. The van der Waals surface area contributed by atoms with Gasteiger partial charge in [-0.25, -0.2) is 8.42 Å². The Morgan fingerprint density at radius 2 is 1.52 bits per heavy atom. The quantitative estimate of drug-likeness (QED) is 0.678. The first-order valence-corrected chi connectivity index (χ1v) is 9.68. The minimum atomic E-state index is -3.86. The maximum Gasteiger partial charge on any atom is 0.261 e. The number of hydrogen-bond acceptors (Lipinski definition) is 5. The molecule has 2 N–H and O–H groups in total. The zero-order chi connectivity index (χ0) is 18.4. The van der Waals surface area contributed by atoms with Gasteiger partial charge in [-0.3, -0.25) is 8.93 Å². The standard InChI is InChI=1S/C16H13NO4S2.CH4O/c18-22(19)16-14-9-5-4-6-12(14)10-11-15(16)17-23(20,21)13-7-2-1-3-8-13;1-2/h1-11,17H,(H,18,19);2H,1H3/p-1. The van der Waals surface area contributed by atoms with E-state index in [9.17, 15) is 17.2 Å². The second-order valence-corrected chi connectivity index (χ2v) is 7.38. The number of rotatable bonds is 4. The van der Waals surface area contributed by atoms with Crippen molar-refractivity contribution in [1.29, 1.82) is 0 Å². The van der Waals surface area contributed by atoms with E-state index < -0.39 is 21.1 Å². The van der Waals surface area contributed by atoms with E-state index in [1.165, 1.54) is 18.2 Å². The van der Waals surface area contributed by atoms with Crippen LogP contribution < -0.4 is 4.72 Å². The molecular weight excluding hydrogens is 362 g/mol. The molecule has 0 fully saturated rings. The Balaban J connectivity index is 0.00000109. The number of hydrogen-bond donors (Lipinski definition) is 2. The molecule has 0 aliphatic heterocycles. The summed E-state index contributed by atoms with van der Waals surface area (Å²) >= 11 is -2.58. The van der Waals surface area contributed by atoms with Gasteiger partial charge in [0, 0.05) is 7.11 Å². The predicted octanol–water partition coefficient (Wildman–Crippen LogP) is 2.49. The van der Waals surface area contributed by atoms with Crippen LogP contribution in [0.2, 0.25) is 0 Å². The van der Waals surface area contributed by atoms with Crippen molar-refractivity contribution in [3.63, 3.8) is 0 Å². The minimum absolute atomic E-state index is 0.0286. The number of fused-ring (bicyclic) bond motifs is 1. The van der Waals surface area contributed by atoms with E-state index >= 15 is 0 Å². The molecule has 0 aliphatic rings. The van der Waals surface area contributed by atoms with Crippen LogP contribution in [0, 0.1) is 0 Å². The molecule has 3 aromatic carbocycles. The van der Waals surface area contributed by atoms with Crippen molar-refractivity contribution in [2.75, 3.05) is 11.8 Å². The van der Waals surface area contributed by atoms with Gasteiger partial charge < -0.3 is 9.66 Å². The summed E-state index contributed by atoms with van der Waals surface area (Å²) in [5.74, 6) is 0. The SMILES string of the molecule is CO.O=S([O-])c1c(NS(=O)(=O)c2ccccc2)ccc2ccccc12. The van der Waals surface area contributed by atoms with E-state index in [2.05, 4.69) is 4.72 Å². The van der Waals surface area contributed by atoms with Gasteiger partial charge in [-0.2, -0.15) is 0 Å². The van der Waals surface area contributed by atoms with Crippen molar-refractivity contribution in [2.24, 2.45) is 0 Å². The summed E-state index contributed by atoms with van der Waals surface area (Å²) in [6.07, 6.45) is 0. The van der Waals surface area contributed by atoms with Crippen LogP contribution in [0.15, 0.2) is 76.5 Å². The molecule has 0 amide bonds. The van der Waals surface area contributed by atoms with Crippen LogP contribution >= 0.6 is 0 Å². The molecule has 0 heterocycles. The largest absolute Gasteiger partial charge is 0.768 e. The van der Waals surface area contributed by atoms with Crippen molar-refractivity contribution in [3.8, 4) is 0 Å². The maximum atomic E-state index is 12.4. The summed E-state index contributed by atoms with van der Waals surface area (Å²) < 4.78 is 50.4. The first kappa shape index (κ1) is 19.1. The van der Waals surface area contributed by atoms with Crippen LogP contribution in [0.4, 0.5) is 5.69 Å². The normalized spacial score (nSPS) is 12.1. The van der Waals surface area contributed by atoms with Gasteiger partial charge in [0.2, 0.25) is 0 Å². The van der Waals surface area contributed by atoms with Crippen molar-refractivity contribution in [3.05, 3.63) is 66.7 Å². The lowest BCUT2D eigenvalue weighted by molar-refractivity contribution is 0.399. The second-order valence-electron chi connectivity index (χ2n) is 4.82. The third-order valence-corrected chi connectivity index (χ3v) is 5.50. The van der Waals surface area contributed by atoms with E-state index in [0.29, 0.717) is 10.8 Å². The number of sulfonamides is 1. The molecule has 1 unspecified atom stereocenters. The highest BCUT2D eigenvalue weighted by molar-refractivity contribution is 7.92. The summed E-state index contributed by atoms with van der Waals surface area (Å²) in [7, 11) is -2.86. The molecule has 0 aromatic heterocycles. The molecule has 0 saturated heterocycles. The molecular formula is C17H16NO5S2-. The van der Waals surface area contributed by atoms with Gasteiger partial charge in [-0.1, -0.05) is 48.5 Å². The average molecular weight is 378 g/mol. The van der Waals surface area contributed by atoms with Crippen LogP contribution in [0.5, 0.6) is 0 Å². The third-order valence-electron chi connectivity index (χ3n) is 3.34. The zero-order valence-electron chi connectivity index (χ0n) is 13.2. The minimum Gasteiger partial charge on any atom is -0.768 e. The molecule has 8 heteroatoms. The molecule has 3 rings (SSSR count). The fourth-order valence-corrected chi connectivity index (χ4v) is 4.13. The summed E-state index contributed by atoms with van der Waals surface area (Å²) in [6.45, 7) is 0. The first-order valence-electron chi connectivity index (χ1n) is 7.12. The number of nitrogens with one attached hydrogen (secondary N) is 1. The van der Waals surface area contributed by atoms with Crippen LogP contribution in [0.25, 0.3) is 10.8 Å². The Hall–Kier alpha value is -2.26. The van der Waals surface area contributed by atoms with E-state index in [0.717, 1.165) is 7.11 Å². The number of benzene rings is 3. The summed E-state index contributed by atoms with van der Waals surface area (Å²) in [6, 6.07) is 17.8. The molecule has 25 heavy (non-hydrogen) atoms. The van der Waals surface area contributed by atoms with Crippen LogP contribution in [-0.2, 0) is 21.1 Å². The highest BCUT2D eigenvalue weighted by atomic mass is 32.2. The van der Waals surface area contributed by atoms with Gasteiger partial charge in [0.15, 0.2) is 0 Å². The monoisotopic (exact) mass is 378 g/mol. The Labute approximate surface area is 148 Å². The van der Waals surface area contributed by atoms with E-state index in [1.54, 1.807) is 48.5 Å². The predicted molar refractivity (Wildman–Crippen MR) is 96.5 cm³/mol. The molecule has 0 aliphatic carbocycles. The van der Waals surface area contributed by atoms with Crippen LogP contribution in [-0.4, -0.2) is 29.4 Å². The fraction of sp³-hybridized carbons (Fsp3) is 0.0588. The van der Waals surface area contributed by atoms with Gasteiger partial charge in [0.25, 0.3) is 10.0 Å². The average Bonchev–Trinajstić information content (AvgIpc) is 2.63. The number of anilines is 1. The first-order chi connectivity index (χ1) is 12.0. The third kappa shape index (κ3) is 4.23. The van der Waals surface area contributed by atoms with Gasteiger partial charge in [0.1, 0.15) is 0 Å². The molecule has 6 nitrogen and oxygen atoms in total. The van der Waals surface area contributed by atoms with Gasteiger partial charge in [-0.15, -0.1) is 0 Å². The van der Waals surface area contributed by atoms with Crippen molar-refractivity contribution in [2.45, 2.75) is 9.79 Å². The number of aliphatic hydroxyl groups excluding tert-OH is 1. The Kier molecular flexibility index (Phi) is 6.27. The Morgan fingerprint density at radius 1 is 0.920 bits per heavy atom. The van der Waals surface area contributed by atoms with Crippen molar-refractivity contribution in [1.82, 2.24) is 0 Å². The zero-order valence-corrected chi connectivity index (χ0v) is 14.9. The van der Waals surface area contributed by atoms with E-state index in [1.807, 2.05) is 0 Å². The number of aliphatic hydroxyl groups is 1. The molecule has 0 saturated carbocycles. The molecule has 0 bridgehead atoms. The lowest BCUT2D eigenvalue weighted by atomic mass is 10.1. The Bertz CT molecular complexity index is 988. The fourth-order valence-electron chi connectivity index (χ4n) is 2.31. The molecule has 3 aromatic rings.